The Morgan fingerprint density at radius 3 is 1.41 bits per heavy atom. The Balaban J connectivity index is -0.0000000492. The Morgan fingerprint density at radius 1 is 0.864 bits per heavy atom. The molecule has 0 aromatic rings. The van der Waals surface area contributed by atoms with Crippen molar-refractivity contribution in [3.8, 4) is 0 Å². The first-order valence-corrected chi connectivity index (χ1v) is 7.00. The van der Waals surface area contributed by atoms with Gasteiger partial charge in [-0.2, -0.15) is 24.7 Å². The van der Waals surface area contributed by atoms with Crippen molar-refractivity contribution in [2.24, 2.45) is 10.8 Å². The topological polar surface area (TPSA) is 40.5 Å². The van der Waals surface area contributed by atoms with Gasteiger partial charge in [-0.25, -0.2) is 0 Å². The molecule has 1 atom stereocenters. The second-order valence-corrected chi connectivity index (χ2v) is 6.43. The van der Waals surface area contributed by atoms with Gasteiger partial charge in [-0.15, -0.1) is 0 Å². The largest absolute Gasteiger partial charge is 0.396 e. The summed E-state index contributed by atoms with van der Waals surface area (Å²) in [6.07, 6.45) is 6.97. The van der Waals surface area contributed by atoms with Gasteiger partial charge in [-0.1, -0.05) is 34.1 Å². The van der Waals surface area contributed by atoms with Crippen LogP contribution in [0.5, 0.6) is 0 Å². The first-order valence-electron chi connectivity index (χ1n) is 7.00. The Labute approximate surface area is 240 Å². The Hall–Kier alpha value is 4.34. The van der Waals surface area contributed by atoms with Crippen molar-refractivity contribution in [2.75, 3.05) is 6.61 Å². The molecule has 1 unspecified atom stereocenters. The normalized spacial score (nSPS) is 11.3. The minimum Gasteiger partial charge on any atom is -0.396 e. The average molecular weight is 614 g/mol. The molecule has 0 saturated heterocycles. The van der Waals surface area contributed by atoms with Crippen molar-refractivity contribution in [2.45, 2.75) is 73.8 Å². The molecule has 0 aromatic carbocycles. The summed E-state index contributed by atoms with van der Waals surface area (Å²) in [7, 11) is 0. The van der Waals surface area contributed by atoms with E-state index in [1.54, 1.807) is 0 Å². The van der Waals surface area contributed by atoms with E-state index in [2.05, 4.69) is 47.5 Å². The van der Waals surface area contributed by atoms with E-state index >= 15 is 0 Å². The van der Waals surface area contributed by atoms with E-state index in [1.807, 2.05) is 13.8 Å². The van der Waals surface area contributed by atoms with Crippen LogP contribution in [0.2, 0.25) is 0 Å². The molecule has 22 heavy (non-hydrogen) atoms. The SMILES string of the molecule is C[CH-]C(C)(C)CC(C)O.C[CH-]C(C)(C)CCCO.[Y].[Y].[Y].[Y]. The summed E-state index contributed by atoms with van der Waals surface area (Å²) in [5, 5.41) is 17.5. The van der Waals surface area contributed by atoms with Gasteiger partial charge in [0.1, 0.15) is 0 Å². The molecule has 6 heteroatoms. The van der Waals surface area contributed by atoms with Gasteiger partial charge in [0.05, 0.1) is 0 Å². The standard InChI is InChI=1S/2C8H17O.4Y/c1-5-8(3,4)6-7(2)9;1-4-8(2,3)6-5-7-9;;;;/h5,7,9H,6H2,1-4H3;4,9H,5-7H2,1-3H3;;;;/q2*-1;;;;. The van der Waals surface area contributed by atoms with Crippen LogP contribution >= 0.6 is 0 Å². The van der Waals surface area contributed by atoms with E-state index in [0.29, 0.717) is 12.0 Å². The van der Waals surface area contributed by atoms with Crippen molar-refractivity contribution in [3.63, 3.8) is 0 Å². The molecule has 0 spiro atoms. The van der Waals surface area contributed by atoms with Gasteiger partial charge in [-0.05, 0) is 19.8 Å². The molecule has 0 rings (SSSR count). The summed E-state index contributed by atoms with van der Waals surface area (Å²) < 4.78 is 0. The third-order valence-corrected chi connectivity index (χ3v) is 3.36. The molecule has 2 N–H and O–H groups in total. The first-order chi connectivity index (χ1) is 8.10. The minimum atomic E-state index is -0.184. The fourth-order valence-corrected chi connectivity index (χ4v) is 1.56. The van der Waals surface area contributed by atoms with Crippen LogP contribution in [-0.4, -0.2) is 22.9 Å². The van der Waals surface area contributed by atoms with E-state index in [4.69, 9.17) is 10.2 Å². The van der Waals surface area contributed by atoms with E-state index in [1.165, 1.54) is 0 Å². The van der Waals surface area contributed by atoms with Gasteiger partial charge in [0.25, 0.3) is 0 Å². The molecule has 0 bridgehead atoms. The quantitative estimate of drug-likeness (QED) is 0.426. The molecule has 0 heterocycles. The van der Waals surface area contributed by atoms with Gasteiger partial charge < -0.3 is 23.1 Å². The van der Waals surface area contributed by atoms with Gasteiger partial charge in [0, 0.05) is 144 Å². The van der Waals surface area contributed by atoms with Crippen LogP contribution in [-0.2, 0) is 131 Å². The molecule has 0 fully saturated rings. The van der Waals surface area contributed by atoms with E-state index < -0.39 is 0 Å². The molecule has 4 radical (unpaired) electrons. The third-order valence-electron chi connectivity index (χ3n) is 3.36. The molecular formula is C16H34O2Y4-2. The van der Waals surface area contributed by atoms with Crippen LogP contribution in [0.1, 0.15) is 67.7 Å². The average Bonchev–Trinajstić information content (AvgIpc) is 2.26. The maximum absolute atomic E-state index is 9.00. The second-order valence-electron chi connectivity index (χ2n) is 6.43. The van der Waals surface area contributed by atoms with E-state index in [-0.39, 0.29) is 142 Å². The van der Waals surface area contributed by atoms with Gasteiger partial charge in [0.2, 0.25) is 0 Å². The van der Waals surface area contributed by atoms with E-state index in [9.17, 15) is 0 Å². The smallest absolute Gasteiger partial charge is 0.0492 e. The predicted molar refractivity (Wildman–Crippen MR) is 80.1 cm³/mol. The zero-order valence-corrected chi connectivity index (χ0v) is 27.1. The summed E-state index contributed by atoms with van der Waals surface area (Å²) in [5.74, 6) is 0. The van der Waals surface area contributed by atoms with Gasteiger partial charge in [0.15, 0.2) is 0 Å². The summed E-state index contributed by atoms with van der Waals surface area (Å²) in [6.45, 7) is 14.9. The molecule has 0 aromatic heterocycles. The van der Waals surface area contributed by atoms with Crippen LogP contribution in [0.4, 0.5) is 0 Å². The molecule has 0 amide bonds. The summed E-state index contributed by atoms with van der Waals surface area (Å²) >= 11 is 0. The van der Waals surface area contributed by atoms with Crippen LogP contribution in [0.15, 0.2) is 0 Å². The Kier molecular flexibility index (Phi) is 43.4. The molecule has 2 nitrogen and oxygen atoms in total. The predicted octanol–water partition coefficient (Wildman–Crippen LogP) is 4.01. The van der Waals surface area contributed by atoms with Gasteiger partial charge >= 0.3 is 0 Å². The molecule has 124 valence electrons. The van der Waals surface area contributed by atoms with Crippen LogP contribution in [0, 0.1) is 23.7 Å². The van der Waals surface area contributed by atoms with Crippen molar-refractivity contribution >= 4 is 0 Å². The third kappa shape index (κ3) is 32.0. The van der Waals surface area contributed by atoms with Crippen molar-refractivity contribution in [1.82, 2.24) is 0 Å². The molecule has 0 aliphatic heterocycles. The van der Waals surface area contributed by atoms with Crippen molar-refractivity contribution < 1.29 is 141 Å². The number of aliphatic hydroxyl groups excluding tert-OH is 2. The van der Waals surface area contributed by atoms with Crippen molar-refractivity contribution in [1.29, 1.82) is 0 Å². The second kappa shape index (κ2) is 23.4. The molecular weight excluding hydrogens is 580 g/mol. The maximum Gasteiger partial charge on any atom is 0.0492 e. The molecule has 0 aliphatic rings. The first kappa shape index (κ1) is 40.9. The number of rotatable bonds is 7. The monoisotopic (exact) mass is 614 g/mol. The van der Waals surface area contributed by atoms with Crippen LogP contribution in [0.3, 0.4) is 0 Å². The fourth-order valence-electron chi connectivity index (χ4n) is 1.56. The summed E-state index contributed by atoms with van der Waals surface area (Å²) in [4.78, 5) is 0. The zero-order valence-electron chi connectivity index (χ0n) is 15.8. The number of hydrogen-bond acceptors (Lipinski definition) is 2. The Bertz CT molecular complexity index is 199. The number of aliphatic hydroxyl groups is 2. The fraction of sp³-hybridized carbons (Fsp3) is 0.875. The summed E-state index contributed by atoms with van der Waals surface area (Å²) in [6, 6.07) is 0. The van der Waals surface area contributed by atoms with Crippen LogP contribution < -0.4 is 0 Å². The molecule has 0 aliphatic carbocycles. The summed E-state index contributed by atoms with van der Waals surface area (Å²) in [5.41, 5.74) is 0.497. The Morgan fingerprint density at radius 2 is 1.23 bits per heavy atom. The van der Waals surface area contributed by atoms with Gasteiger partial charge in [-0.3, -0.25) is 0 Å². The van der Waals surface area contributed by atoms with Crippen LogP contribution in [0.25, 0.3) is 0 Å². The van der Waals surface area contributed by atoms with Crippen molar-refractivity contribution in [3.05, 3.63) is 12.8 Å². The number of hydrogen-bond donors (Lipinski definition) is 2. The maximum atomic E-state index is 9.00. The van der Waals surface area contributed by atoms with E-state index in [0.717, 1.165) is 19.3 Å². The minimum absolute atomic E-state index is 0. The zero-order chi connectivity index (χ0) is 14.8. The molecule has 0 saturated carbocycles.